The van der Waals surface area contributed by atoms with Crippen LogP contribution in [0.15, 0.2) is 47.3 Å². The summed E-state index contributed by atoms with van der Waals surface area (Å²) in [6.45, 7) is 9.66. The molecule has 2 aliphatic rings. The summed E-state index contributed by atoms with van der Waals surface area (Å²) in [4.78, 5) is 43.1. The fourth-order valence-electron chi connectivity index (χ4n) is 5.79. The average Bonchev–Trinajstić information content (AvgIpc) is 3.01. The van der Waals surface area contributed by atoms with Crippen LogP contribution in [0.3, 0.4) is 0 Å². The Balaban J connectivity index is 1.29. The van der Waals surface area contributed by atoms with Gasteiger partial charge in [0.2, 0.25) is 0 Å². The van der Waals surface area contributed by atoms with Crippen LogP contribution in [0.4, 0.5) is 4.79 Å². The molecule has 3 aromatic rings. The SMILES string of the molecule is CNC(=O)c1cc(OC)cc2c1ccc(=O)n2CCN1CCC(N(Cc2ccc3c(c2)OCCO3)C(=O)OC(C)(C)C)CC1. The van der Waals surface area contributed by atoms with E-state index in [1.165, 1.54) is 6.07 Å². The molecule has 3 heterocycles. The highest BCUT2D eigenvalue weighted by Crippen LogP contribution is 2.32. The van der Waals surface area contributed by atoms with E-state index in [2.05, 4.69) is 10.2 Å². The van der Waals surface area contributed by atoms with E-state index in [9.17, 15) is 14.4 Å². The van der Waals surface area contributed by atoms with Crippen molar-refractivity contribution in [1.29, 1.82) is 0 Å². The van der Waals surface area contributed by atoms with Crippen LogP contribution in [0.25, 0.3) is 10.9 Å². The van der Waals surface area contributed by atoms with Crippen LogP contribution in [0.5, 0.6) is 17.2 Å². The molecule has 1 aromatic heterocycles. The van der Waals surface area contributed by atoms with Crippen molar-refractivity contribution in [3.05, 3.63) is 63.9 Å². The number of rotatable bonds is 8. The van der Waals surface area contributed by atoms with Gasteiger partial charge in [0.25, 0.3) is 11.5 Å². The molecule has 0 spiro atoms. The summed E-state index contributed by atoms with van der Waals surface area (Å²) in [6.07, 6.45) is 1.19. The molecule has 1 fully saturated rings. The predicted molar refractivity (Wildman–Crippen MR) is 167 cm³/mol. The van der Waals surface area contributed by atoms with Gasteiger partial charge < -0.3 is 38.6 Å². The van der Waals surface area contributed by atoms with E-state index < -0.39 is 5.60 Å². The van der Waals surface area contributed by atoms with Gasteiger partial charge in [0, 0.05) is 63.3 Å². The zero-order chi connectivity index (χ0) is 31.4. The molecule has 0 saturated carbocycles. The monoisotopic (exact) mass is 606 g/mol. The molecule has 1 saturated heterocycles. The maximum absolute atomic E-state index is 13.4. The van der Waals surface area contributed by atoms with E-state index in [4.69, 9.17) is 18.9 Å². The van der Waals surface area contributed by atoms with E-state index in [0.29, 0.717) is 66.6 Å². The topological polar surface area (TPSA) is 112 Å². The number of nitrogens with zero attached hydrogens (tertiary/aromatic N) is 3. The van der Waals surface area contributed by atoms with Gasteiger partial charge in [0.15, 0.2) is 11.5 Å². The Bertz CT molecular complexity index is 1570. The van der Waals surface area contributed by atoms with Crippen LogP contribution in [-0.4, -0.2) is 85.0 Å². The zero-order valence-corrected chi connectivity index (χ0v) is 26.2. The number of benzene rings is 2. The molecule has 2 amide bonds. The van der Waals surface area contributed by atoms with Gasteiger partial charge in [-0.3, -0.25) is 9.59 Å². The first-order valence-corrected chi connectivity index (χ1v) is 15.1. The van der Waals surface area contributed by atoms with Gasteiger partial charge in [0.1, 0.15) is 24.6 Å². The summed E-state index contributed by atoms with van der Waals surface area (Å²) in [5.74, 6) is 1.67. The van der Waals surface area contributed by atoms with Crippen molar-refractivity contribution >= 4 is 22.9 Å². The van der Waals surface area contributed by atoms with Crippen LogP contribution < -0.4 is 25.1 Å². The molecule has 0 aliphatic carbocycles. The highest BCUT2D eigenvalue weighted by molar-refractivity contribution is 6.06. The third-order valence-electron chi connectivity index (χ3n) is 8.01. The Morgan fingerprint density at radius 1 is 1.00 bits per heavy atom. The Morgan fingerprint density at radius 3 is 2.41 bits per heavy atom. The van der Waals surface area contributed by atoms with Crippen molar-refractivity contribution in [2.75, 3.05) is 47.0 Å². The van der Waals surface area contributed by atoms with E-state index in [1.807, 2.05) is 43.9 Å². The fraction of sp³-hybridized carbons (Fsp3) is 0.485. The van der Waals surface area contributed by atoms with Crippen molar-refractivity contribution in [3.63, 3.8) is 0 Å². The summed E-state index contributed by atoms with van der Waals surface area (Å²) in [7, 11) is 3.12. The first-order chi connectivity index (χ1) is 21.1. The molecular weight excluding hydrogens is 564 g/mol. The molecule has 2 aromatic carbocycles. The lowest BCUT2D eigenvalue weighted by Crippen LogP contribution is -2.49. The van der Waals surface area contributed by atoms with Crippen LogP contribution >= 0.6 is 0 Å². The molecule has 0 unspecified atom stereocenters. The first-order valence-electron chi connectivity index (χ1n) is 15.1. The number of nitrogens with one attached hydrogen (secondary N) is 1. The number of methoxy groups -OCH3 is 1. The lowest BCUT2D eigenvalue weighted by atomic mass is 10.0. The fourth-order valence-corrected chi connectivity index (χ4v) is 5.79. The lowest BCUT2D eigenvalue weighted by molar-refractivity contribution is 0.00561. The van der Waals surface area contributed by atoms with Crippen molar-refractivity contribution < 1.29 is 28.5 Å². The molecule has 2 aliphatic heterocycles. The van der Waals surface area contributed by atoms with Crippen LogP contribution in [0, 0.1) is 0 Å². The third-order valence-corrected chi connectivity index (χ3v) is 8.01. The van der Waals surface area contributed by atoms with E-state index in [1.54, 1.807) is 36.9 Å². The van der Waals surface area contributed by atoms with Crippen LogP contribution in [0.2, 0.25) is 0 Å². The number of ether oxygens (including phenoxy) is 4. The minimum absolute atomic E-state index is 0.00560. The maximum Gasteiger partial charge on any atom is 0.410 e. The van der Waals surface area contributed by atoms with Gasteiger partial charge in [-0.25, -0.2) is 4.79 Å². The van der Waals surface area contributed by atoms with Crippen molar-refractivity contribution in [1.82, 2.24) is 19.7 Å². The largest absolute Gasteiger partial charge is 0.497 e. The summed E-state index contributed by atoms with van der Waals surface area (Å²) >= 11 is 0. The van der Waals surface area contributed by atoms with Gasteiger partial charge in [0.05, 0.1) is 18.2 Å². The second-order valence-corrected chi connectivity index (χ2v) is 12.2. The molecule has 236 valence electrons. The minimum atomic E-state index is -0.616. The molecule has 44 heavy (non-hydrogen) atoms. The third kappa shape index (κ3) is 7.10. The molecule has 1 N–H and O–H groups in total. The molecule has 11 nitrogen and oxygen atoms in total. The standard InChI is InChI=1S/C33H42N4O7/c1-33(2,3)44-32(40)37(21-22-6-8-28-29(18-22)43-17-16-42-28)23-10-12-35(13-11-23)14-15-36-27-20-24(41-5)19-26(31(39)34-4)25(27)7-9-30(36)38/h6-9,18-20,23H,10-17,21H2,1-5H3,(H,34,39). The molecule has 0 atom stereocenters. The number of hydrogen-bond acceptors (Lipinski definition) is 8. The van der Waals surface area contributed by atoms with Gasteiger partial charge in [-0.1, -0.05) is 6.07 Å². The second kappa shape index (κ2) is 13.2. The predicted octanol–water partition coefficient (Wildman–Crippen LogP) is 4.04. The van der Waals surface area contributed by atoms with E-state index in [0.717, 1.165) is 31.5 Å². The summed E-state index contributed by atoms with van der Waals surface area (Å²) in [5.41, 5.74) is 1.30. The number of likely N-dealkylation sites (tertiary alicyclic amines) is 1. The minimum Gasteiger partial charge on any atom is -0.497 e. The molecular formula is C33H42N4O7. The molecule has 5 rings (SSSR count). The van der Waals surface area contributed by atoms with Crippen molar-refractivity contribution in [3.8, 4) is 17.2 Å². The lowest BCUT2D eigenvalue weighted by Gasteiger charge is -2.39. The summed E-state index contributed by atoms with van der Waals surface area (Å²) in [5, 5.41) is 3.36. The number of hydrogen-bond donors (Lipinski definition) is 1. The van der Waals surface area contributed by atoms with Gasteiger partial charge >= 0.3 is 6.09 Å². The number of carbonyl (C=O) groups excluding carboxylic acids is 2. The Kier molecular flexibility index (Phi) is 9.33. The van der Waals surface area contributed by atoms with Gasteiger partial charge in [-0.2, -0.15) is 0 Å². The summed E-state index contributed by atoms with van der Waals surface area (Å²) in [6, 6.07) is 12.5. The van der Waals surface area contributed by atoms with Crippen LogP contribution in [-0.2, 0) is 17.8 Å². The van der Waals surface area contributed by atoms with Gasteiger partial charge in [-0.15, -0.1) is 0 Å². The van der Waals surface area contributed by atoms with E-state index >= 15 is 0 Å². The Hall–Kier alpha value is -4.25. The number of amides is 2. The quantitative estimate of drug-likeness (QED) is 0.409. The van der Waals surface area contributed by atoms with Gasteiger partial charge in [-0.05, 0) is 63.4 Å². The Morgan fingerprint density at radius 2 is 1.73 bits per heavy atom. The highest BCUT2D eigenvalue weighted by atomic mass is 16.6. The normalized spacial score (nSPS) is 15.6. The highest BCUT2D eigenvalue weighted by Gasteiger charge is 2.31. The van der Waals surface area contributed by atoms with Crippen molar-refractivity contribution in [2.24, 2.45) is 0 Å². The number of aromatic nitrogens is 1. The number of fused-ring (bicyclic) bond motifs is 2. The second-order valence-electron chi connectivity index (χ2n) is 12.2. The number of carbonyl (C=O) groups is 2. The maximum atomic E-state index is 13.4. The Labute approximate surface area is 257 Å². The average molecular weight is 607 g/mol. The molecule has 0 bridgehead atoms. The first kappa shape index (κ1) is 31.2. The summed E-state index contributed by atoms with van der Waals surface area (Å²) < 4.78 is 24.4. The molecule has 11 heteroatoms. The zero-order valence-electron chi connectivity index (χ0n) is 26.2. The van der Waals surface area contributed by atoms with E-state index in [-0.39, 0.29) is 23.6 Å². The number of piperidine rings is 1. The van der Waals surface area contributed by atoms with Crippen molar-refractivity contribution in [2.45, 2.75) is 58.3 Å². The number of pyridine rings is 1. The van der Waals surface area contributed by atoms with Crippen LogP contribution in [0.1, 0.15) is 49.5 Å². The molecule has 0 radical (unpaired) electrons. The smallest absolute Gasteiger partial charge is 0.410 e.